The molecule has 1 amide bonds. The van der Waals surface area contributed by atoms with Crippen molar-refractivity contribution in [1.29, 1.82) is 0 Å². The summed E-state index contributed by atoms with van der Waals surface area (Å²) in [5, 5.41) is 2.91. The third kappa shape index (κ3) is 4.09. The van der Waals surface area contributed by atoms with Crippen molar-refractivity contribution in [3.05, 3.63) is 29.6 Å². The first-order chi connectivity index (χ1) is 11.0. The molecule has 0 atom stereocenters. The van der Waals surface area contributed by atoms with Crippen molar-refractivity contribution in [3.8, 4) is 0 Å². The monoisotopic (exact) mass is 340 g/mol. The van der Waals surface area contributed by atoms with Gasteiger partial charge in [0.05, 0.1) is 0 Å². The molecule has 2 fully saturated rings. The molecular formula is C16H21FN2O3S. The number of hydrogen-bond donors (Lipinski definition) is 2. The van der Waals surface area contributed by atoms with Crippen LogP contribution in [0.25, 0.3) is 0 Å². The Kier molecular flexibility index (Phi) is 4.68. The fraction of sp³-hybridized carbons (Fsp3) is 0.562. The molecule has 1 aromatic rings. The van der Waals surface area contributed by atoms with E-state index in [-0.39, 0.29) is 23.6 Å². The molecule has 2 aliphatic rings. The number of halogens is 1. The maximum Gasteiger partial charge on any atom is 0.251 e. The lowest BCUT2D eigenvalue weighted by atomic mass is 9.95. The quantitative estimate of drug-likeness (QED) is 0.864. The molecule has 0 saturated heterocycles. The zero-order valence-electron chi connectivity index (χ0n) is 12.8. The highest BCUT2D eigenvalue weighted by atomic mass is 32.2. The number of benzene rings is 1. The van der Waals surface area contributed by atoms with Gasteiger partial charge in [-0.2, -0.15) is 0 Å². The van der Waals surface area contributed by atoms with Gasteiger partial charge in [-0.05, 0) is 43.9 Å². The molecule has 5 nitrogen and oxygen atoms in total. The minimum absolute atomic E-state index is 0.112. The largest absolute Gasteiger partial charge is 0.349 e. The van der Waals surface area contributed by atoms with Crippen molar-refractivity contribution in [2.75, 3.05) is 0 Å². The summed E-state index contributed by atoms with van der Waals surface area (Å²) in [4.78, 5) is 11.8. The number of carbonyl (C=O) groups is 1. The molecule has 7 heteroatoms. The maximum atomic E-state index is 13.9. The van der Waals surface area contributed by atoms with Crippen LogP contribution in [0, 0.1) is 5.82 Å². The Balaban J connectivity index is 1.77. The van der Waals surface area contributed by atoms with E-state index in [0.29, 0.717) is 0 Å². The second kappa shape index (κ2) is 6.57. The highest BCUT2D eigenvalue weighted by Gasteiger charge is 2.30. The normalized spacial score (nSPS) is 19.5. The molecule has 0 radical (unpaired) electrons. The molecular weight excluding hydrogens is 319 g/mol. The molecule has 0 aliphatic heterocycles. The van der Waals surface area contributed by atoms with Gasteiger partial charge in [0, 0.05) is 17.6 Å². The molecule has 1 aromatic carbocycles. The number of amides is 1. The Morgan fingerprint density at radius 2 is 1.74 bits per heavy atom. The molecule has 2 saturated carbocycles. The van der Waals surface area contributed by atoms with E-state index in [0.717, 1.165) is 50.7 Å². The first-order valence-electron chi connectivity index (χ1n) is 8.08. The molecule has 3 rings (SSSR count). The molecule has 126 valence electrons. The molecule has 2 N–H and O–H groups in total. The standard InChI is InChI=1S/C16H21FN2O3S/c17-14-9-6-11(16(20)18-12-4-2-1-3-5-12)10-15(14)23(21,22)19-13-7-8-13/h6,9-10,12-13,19H,1-5,7-8H2,(H,18,20). The van der Waals surface area contributed by atoms with Gasteiger partial charge in [-0.3, -0.25) is 4.79 Å². The summed E-state index contributed by atoms with van der Waals surface area (Å²) < 4.78 is 40.7. The third-order valence-corrected chi connectivity index (χ3v) is 5.86. The van der Waals surface area contributed by atoms with Crippen molar-refractivity contribution in [3.63, 3.8) is 0 Å². The predicted molar refractivity (Wildman–Crippen MR) is 84.1 cm³/mol. The van der Waals surface area contributed by atoms with Gasteiger partial charge in [-0.15, -0.1) is 0 Å². The van der Waals surface area contributed by atoms with Crippen LogP contribution in [0.1, 0.15) is 55.3 Å². The molecule has 0 heterocycles. The summed E-state index contributed by atoms with van der Waals surface area (Å²) in [5.41, 5.74) is 0.174. The van der Waals surface area contributed by atoms with E-state index in [9.17, 15) is 17.6 Å². The summed E-state index contributed by atoms with van der Waals surface area (Å²) in [6.07, 6.45) is 6.74. The molecule has 23 heavy (non-hydrogen) atoms. The van der Waals surface area contributed by atoms with Gasteiger partial charge in [0.2, 0.25) is 10.0 Å². The van der Waals surface area contributed by atoms with E-state index in [1.807, 2.05) is 0 Å². The van der Waals surface area contributed by atoms with Crippen molar-refractivity contribution in [1.82, 2.24) is 10.0 Å². The van der Waals surface area contributed by atoms with Crippen LogP contribution in [0.5, 0.6) is 0 Å². The Morgan fingerprint density at radius 3 is 2.39 bits per heavy atom. The van der Waals surface area contributed by atoms with Crippen LogP contribution in [0.2, 0.25) is 0 Å². The van der Waals surface area contributed by atoms with Gasteiger partial charge in [0.25, 0.3) is 5.91 Å². The number of rotatable bonds is 5. The molecule has 0 spiro atoms. The number of nitrogens with one attached hydrogen (secondary N) is 2. The second-order valence-corrected chi connectivity index (χ2v) is 8.03. The van der Waals surface area contributed by atoms with Crippen molar-refractivity contribution in [2.24, 2.45) is 0 Å². The van der Waals surface area contributed by atoms with Crippen LogP contribution in [0.15, 0.2) is 23.1 Å². The summed E-state index contributed by atoms with van der Waals surface area (Å²) in [6, 6.07) is 3.49. The van der Waals surface area contributed by atoms with Crippen LogP contribution in [-0.2, 0) is 10.0 Å². The Morgan fingerprint density at radius 1 is 1.04 bits per heavy atom. The average molecular weight is 340 g/mol. The van der Waals surface area contributed by atoms with E-state index in [4.69, 9.17) is 0 Å². The summed E-state index contributed by atoms with van der Waals surface area (Å²) >= 11 is 0. The predicted octanol–water partition coefficient (Wildman–Crippen LogP) is 2.33. The van der Waals surface area contributed by atoms with E-state index in [2.05, 4.69) is 10.0 Å². The first-order valence-corrected chi connectivity index (χ1v) is 9.57. The smallest absolute Gasteiger partial charge is 0.251 e. The van der Waals surface area contributed by atoms with Gasteiger partial charge in [-0.1, -0.05) is 19.3 Å². The summed E-state index contributed by atoms with van der Waals surface area (Å²) in [6.45, 7) is 0. The fourth-order valence-corrected chi connectivity index (χ4v) is 4.26. The minimum atomic E-state index is -3.92. The first kappa shape index (κ1) is 16.4. The van der Waals surface area contributed by atoms with Crippen molar-refractivity contribution >= 4 is 15.9 Å². The fourth-order valence-electron chi connectivity index (χ4n) is 2.85. The summed E-state index contributed by atoms with van der Waals surface area (Å²) in [5.74, 6) is -1.19. The van der Waals surface area contributed by atoms with Crippen LogP contribution in [-0.4, -0.2) is 26.4 Å². The topological polar surface area (TPSA) is 75.3 Å². The van der Waals surface area contributed by atoms with Crippen molar-refractivity contribution in [2.45, 2.75) is 61.9 Å². The van der Waals surface area contributed by atoms with Crippen LogP contribution in [0.3, 0.4) is 0 Å². The number of sulfonamides is 1. The highest BCUT2D eigenvalue weighted by Crippen LogP contribution is 2.24. The average Bonchev–Trinajstić information content (AvgIpc) is 3.31. The lowest BCUT2D eigenvalue weighted by molar-refractivity contribution is 0.0927. The van der Waals surface area contributed by atoms with Gasteiger partial charge >= 0.3 is 0 Å². The molecule has 0 unspecified atom stereocenters. The zero-order valence-corrected chi connectivity index (χ0v) is 13.7. The van der Waals surface area contributed by atoms with Gasteiger partial charge in [0.15, 0.2) is 0 Å². The van der Waals surface area contributed by atoms with Crippen LogP contribution >= 0.6 is 0 Å². The minimum Gasteiger partial charge on any atom is -0.349 e. The van der Waals surface area contributed by atoms with Crippen molar-refractivity contribution < 1.29 is 17.6 Å². The Bertz CT molecular complexity index is 695. The molecule has 2 aliphatic carbocycles. The molecule has 0 aromatic heterocycles. The molecule has 0 bridgehead atoms. The van der Waals surface area contributed by atoms with E-state index in [1.54, 1.807) is 0 Å². The maximum absolute atomic E-state index is 13.9. The lowest BCUT2D eigenvalue weighted by Gasteiger charge is -2.22. The van der Waals surface area contributed by atoms with Crippen LogP contribution in [0.4, 0.5) is 4.39 Å². The van der Waals surface area contributed by atoms with E-state index >= 15 is 0 Å². The lowest BCUT2D eigenvalue weighted by Crippen LogP contribution is -2.36. The number of carbonyl (C=O) groups excluding carboxylic acids is 1. The van der Waals surface area contributed by atoms with Gasteiger partial charge in [-0.25, -0.2) is 17.5 Å². The SMILES string of the molecule is O=C(NC1CCCCC1)c1ccc(F)c(S(=O)(=O)NC2CC2)c1. The van der Waals surface area contributed by atoms with E-state index < -0.39 is 20.7 Å². The zero-order chi connectivity index (χ0) is 16.4. The van der Waals surface area contributed by atoms with Gasteiger partial charge < -0.3 is 5.32 Å². The second-order valence-electron chi connectivity index (χ2n) is 6.35. The van der Waals surface area contributed by atoms with E-state index in [1.165, 1.54) is 12.5 Å². The van der Waals surface area contributed by atoms with Gasteiger partial charge in [0.1, 0.15) is 10.7 Å². The van der Waals surface area contributed by atoms with Crippen LogP contribution < -0.4 is 10.0 Å². The highest BCUT2D eigenvalue weighted by molar-refractivity contribution is 7.89. The summed E-state index contributed by atoms with van der Waals surface area (Å²) in [7, 11) is -3.92. The number of hydrogen-bond acceptors (Lipinski definition) is 3. The Labute approximate surface area is 135 Å². The third-order valence-electron chi connectivity index (χ3n) is 4.32. The Hall–Kier alpha value is -1.47.